The van der Waals surface area contributed by atoms with E-state index in [1.165, 1.54) is 5.56 Å². The van der Waals surface area contributed by atoms with E-state index in [9.17, 15) is 0 Å². The van der Waals surface area contributed by atoms with Crippen molar-refractivity contribution in [3.05, 3.63) is 54.2 Å². The lowest BCUT2D eigenvalue weighted by Crippen LogP contribution is -2.22. The Morgan fingerprint density at radius 2 is 2.04 bits per heavy atom. The van der Waals surface area contributed by atoms with Crippen LogP contribution in [0.5, 0.6) is 0 Å². The number of aryl methyl sites for hydroxylation is 1. The van der Waals surface area contributed by atoms with Crippen molar-refractivity contribution >= 4 is 17.5 Å². The van der Waals surface area contributed by atoms with E-state index in [0.717, 1.165) is 17.2 Å². The Balaban J connectivity index is 1.76. The van der Waals surface area contributed by atoms with Crippen LogP contribution in [0.2, 0.25) is 0 Å². The smallest absolute Gasteiger partial charge is 0.297 e. The van der Waals surface area contributed by atoms with Gasteiger partial charge in [-0.05, 0) is 36.8 Å². The highest BCUT2D eigenvalue weighted by Crippen LogP contribution is 2.24. The molecule has 2 heterocycles. The van der Waals surface area contributed by atoms with E-state index in [-0.39, 0.29) is 0 Å². The van der Waals surface area contributed by atoms with Crippen molar-refractivity contribution < 1.29 is 9.15 Å². The minimum Gasteiger partial charge on any atom is -0.422 e. The second-order valence-electron chi connectivity index (χ2n) is 5.82. The van der Waals surface area contributed by atoms with Gasteiger partial charge in [0, 0.05) is 26.4 Å². The molecule has 0 aliphatic heterocycles. The summed E-state index contributed by atoms with van der Waals surface area (Å²) < 4.78 is 10.9. The maximum absolute atomic E-state index is 5.82. The summed E-state index contributed by atoms with van der Waals surface area (Å²) in [4.78, 5) is 10.8. The molecule has 130 valence electrons. The van der Waals surface area contributed by atoms with Crippen LogP contribution in [0.15, 0.2) is 53.1 Å². The van der Waals surface area contributed by atoms with E-state index in [1.807, 2.05) is 42.3 Å². The predicted octanol–water partition coefficient (Wildman–Crippen LogP) is 3.87. The van der Waals surface area contributed by atoms with Gasteiger partial charge in [-0.3, -0.25) is 0 Å². The molecule has 6 heteroatoms. The molecule has 0 radical (unpaired) electrons. The number of oxazole rings is 1. The van der Waals surface area contributed by atoms with Crippen LogP contribution >= 0.6 is 0 Å². The Bertz CT molecular complexity index is 832. The van der Waals surface area contributed by atoms with Gasteiger partial charge < -0.3 is 19.4 Å². The number of nitrogens with one attached hydrogen (secondary N) is 1. The number of ether oxygens (including phenoxy) is 1. The molecular weight excluding hydrogens is 316 g/mol. The monoisotopic (exact) mass is 338 g/mol. The van der Waals surface area contributed by atoms with Crippen molar-refractivity contribution in [2.75, 3.05) is 37.5 Å². The third-order valence-electron chi connectivity index (χ3n) is 3.74. The van der Waals surface area contributed by atoms with Crippen LogP contribution in [0.4, 0.5) is 17.5 Å². The van der Waals surface area contributed by atoms with Gasteiger partial charge >= 0.3 is 0 Å². The van der Waals surface area contributed by atoms with Crippen LogP contribution in [0.3, 0.4) is 0 Å². The Morgan fingerprint density at radius 3 is 2.84 bits per heavy atom. The number of likely N-dealkylation sites (N-methyl/N-ethyl adjacent to an activating group) is 1. The van der Waals surface area contributed by atoms with Gasteiger partial charge in [-0.2, -0.15) is 0 Å². The van der Waals surface area contributed by atoms with E-state index in [4.69, 9.17) is 9.15 Å². The molecule has 6 nitrogen and oxygen atoms in total. The normalized spacial score (nSPS) is 10.7. The molecule has 0 spiro atoms. The first-order chi connectivity index (χ1) is 12.2. The Kier molecular flexibility index (Phi) is 5.30. The van der Waals surface area contributed by atoms with Gasteiger partial charge in [0.1, 0.15) is 11.5 Å². The van der Waals surface area contributed by atoms with Crippen LogP contribution in [0, 0.1) is 6.92 Å². The average Bonchev–Trinajstić information content (AvgIpc) is 3.10. The summed E-state index contributed by atoms with van der Waals surface area (Å²) in [5.41, 5.74) is 2.93. The molecule has 25 heavy (non-hydrogen) atoms. The van der Waals surface area contributed by atoms with Gasteiger partial charge in [0.05, 0.1) is 12.8 Å². The average molecular weight is 338 g/mol. The number of benzene rings is 1. The van der Waals surface area contributed by atoms with Crippen molar-refractivity contribution in [2.45, 2.75) is 6.92 Å². The molecule has 0 aliphatic rings. The number of hydrogen-bond acceptors (Lipinski definition) is 6. The van der Waals surface area contributed by atoms with Gasteiger partial charge in [0.15, 0.2) is 5.76 Å². The van der Waals surface area contributed by atoms with E-state index in [0.29, 0.717) is 24.9 Å². The largest absolute Gasteiger partial charge is 0.422 e. The molecule has 0 aliphatic carbocycles. The lowest BCUT2D eigenvalue weighted by Gasteiger charge is -2.13. The number of aromatic nitrogens is 2. The highest BCUT2D eigenvalue weighted by molar-refractivity contribution is 5.61. The van der Waals surface area contributed by atoms with Crippen molar-refractivity contribution in [2.24, 2.45) is 0 Å². The second kappa shape index (κ2) is 7.81. The Hall–Kier alpha value is -2.86. The molecule has 0 amide bonds. The maximum Gasteiger partial charge on any atom is 0.297 e. The lowest BCUT2D eigenvalue weighted by molar-refractivity contribution is 0.205. The van der Waals surface area contributed by atoms with Crippen molar-refractivity contribution in [3.63, 3.8) is 0 Å². The Morgan fingerprint density at radius 1 is 1.20 bits per heavy atom. The summed E-state index contributed by atoms with van der Waals surface area (Å²) in [5.74, 6) is 1.39. The number of rotatable bonds is 7. The fraction of sp³-hybridized carbons (Fsp3) is 0.263. The molecule has 1 N–H and O–H groups in total. The topological polar surface area (TPSA) is 63.4 Å². The van der Waals surface area contributed by atoms with Gasteiger partial charge in [-0.15, -0.1) is 0 Å². The molecule has 1 aromatic carbocycles. The SMILES string of the molecule is COCCN(C)c1ncc(-c2cccc(Nc3cccc(C)c3)n2)o1. The zero-order valence-corrected chi connectivity index (χ0v) is 14.7. The maximum atomic E-state index is 5.82. The summed E-state index contributed by atoms with van der Waals surface area (Å²) >= 11 is 0. The quantitative estimate of drug-likeness (QED) is 0.705. The zero-order valence-electron chi connectivity index (χ0n) is 14.7. The van der Waals surface area contributed by atoms with Crippen molar-refractivity contribution in [1.29, 1.82) is 0 Å². The van der Waals surface area contributed by atoms with Crippen LogP contribution in [0.25, 0.3) is 11.5 Å². The van der Waals surface area contributed by atoms with Gasteiger partial charge in [-0.25, -0.2) is 9.97 Å². The first-order valence-electron chi connectivity index (χ1n) is 8.13. The van der Waals surface area contributed by atoms with Gasteiger partial charge in [-0.1, -0.05) is 18.2 Å². The van der Waals surface area contributed by atoms with Gasteiger partial charge in [0.25, 0.3) is 6.01 Å². The number of hydrogen-bond donors (Lipinski definition) is 1. The van der Waals surface area contributed by atoms with Crippen molar-refractivity contribution in [3.8, 4) is 11.5 Å². The summed E-state index contributed by atoms with van der Waals surface area (Å²) in [5, 5.41) is 3.31. The fourth-order valence-electron chi connectivity index (χ4n) is 2.40. The molecule has 0 atom stereocenters. The molecule has 3 aromatic rings. The summed E-state index contributed by atoms with van der Waals surface area (Å²) in [6.07, 6.45) is 1.69. The predicted molar refractivity (Wildman–Crippen MR) is 99.3 cm³/mol. The van der Waals surface area contributed by atoms with E-state index in [2.05, 4.69) is 34.3 Å². The lowest BCUT2D eigenvalue weighted by atomic mass is 10.2. The number of anilines is 3. The third kappa shape index (κ3) is 4.36. The van der Waals surface area contributed by atoms with Crippen LogP contribution in [0.1, 0.15) is 5.56 Å². The van der Waals surface area contributed by atoms with Crippen molar-refractivity contribution in [1.82, 2.24) is 9.97 Å². The second-order valence-corrected chi connectivity index (χ2v) is 5.82. The number of methoxy groups -OCH3 is 1. The van der Waals surface area contributed by atoms with Gasteiger partial charge in [0.2, 0.25) is 0 Å². The summed E-state index contributed by atoms with van der Waals surface area (Å²) in [6.45, 7) is 3.38. The molecular formula is C19H22N4O2. The first kappa shape index (κ1) is 17.0. The van der Waals surface area contributed by atoms with Crippen LogP contribution in [-0.2, 0) is 4.74 Å². The summed E-state index contributed by atoms with van der Waals surface area (Å²) in [7, 11) is 3.59. The number of nitrogens with zero attached hydrogens (tertiary/aromatic N) is 3. The highest BCUT2D eigenvalue weighted by Gasteiger charge is 2.11. The standard InChI is InChI=1S/C19H22N4O2/c1-14-6-4-7-15(12-14)21-18-9-5-8-16(22-18)17-13-20-19(25-17)23(2)10-11-24-3/h4-9,12-13H,10-11H2,1-3H3,(H,21,22). The first-order valence-corrected chi connectivity index (χ1v) is 8.13. The summed E-state index contributed by atoms with van der Waals surface area (Å²) in [6, 6.07) is 14.5. The fourth-order valence-corrected chi connectivity index (χ4v) is 2.40. The van der Waals surface area contributed by atoms with E-state index < -0.39 is 0 Å². The van der Waals surface area contributed by atoms with E-state index in [1.54, 1.807) is 13.3 Å². The van der Waals surface area contributed by atoms with Crippen LogP contribution in [-0.4, -0.2) is 37.3 Å². The molecule has 3 rings (SSSR count). The van der Waals surface area contributed by atoms with E-state index >= 15 is 0 Å². The zero-order chi connectivity index (χ0) is 17.6. The minimum absolute atomic E-state index is 0.547. The van der Waals surface area contributed by atoms with Crippen LogP contribution < -0.4 is 10.2 Å². The highest BCUT2D eigenvalue weighted by atomic mass is 16.5. The molecule has 0 saturated heterocycles. The minimum atomic E-state index is 0.547. The Labute approximate surface area is 147 Å². The molecule has 0 saturated carbocycles. The molecule has 2 aromatic heterocycles. The number of pyridine rings is 1. The molecule has 0 unspecified atom stereocenters. The molecule has 0 bridgehead atoms. The molecule has 0 fully saturated rings. The third-order valence-corrected chi connectivity index (χ3v) is 3.74.